The molecule has 31 heavy (non-hydrogen) atoms. The van der Waals surface area contributed by atoms with Crippen molar-refractivity contribution in [1.82, 2.24) is 15.1 Å². The third-order valence-electron chi connectivity index (χ3n) is 5.95. The lowest BCUT2D eigenvalue weighted by molar-refractivity contribution is -0.918. The fourth-order valence-electron chi connectivity index (χ4n) is 4.29. The number of aromatic nitrogens is 2. The van der Waals surface area contributed by atoms with Crippen molar-refractivity contribution in [2.75, 3.05) is 26.7 Å². The molecule has 2 heterocycles. The number of hydrogen-bond acceptors (Lipinski definition) is 4. The molecule has 0 radical (unpaired) electrons. The van der Waals surface area contributed by atoms with E-state index in [4.69, 9.17) is 4.74 Å². The summed E-state index contributed by atoms with van der Waals surface area (Å²) in [7, 11) is 1.64. The number of amides is 1. The second-order valence-electron chi connectivity index (χ2n) is 7.87. The zero-order valence-corrected chi connectivity index (χ0v) is 17.5. The number of methoxy groups -OCH3 is 1. The normalized spacial score (nSPS) is 15.1. The lowest BCUT2D eigenvalue weighted by atomic mass is 10.1. The Morgan fingerprint density at radius 3 is 2.45 bits per heavy atom. The Morgan fingerprint density at radius 1 is 1.10 bits per heavy atom. The van der Waals surface area contributed by atoms with Gasteiger partial charge in [0, 0.05) is 18.4 Å². The Kier molecular flexibility index (Phi) is 6.18. The van der Waals surface area contributed by atoms with Crippen molar-refractivity contribution in [2.45, 2.75) is 25.4 Å². The van der Waals surface area contributed by atoms with Gasteiger partial charge in [0.25, 0.3) is 11.1 Å². The number of aromatic amines is 1. The van der Waals surface area contributed by atoms with Gasteiger partial charge in [-0.15, -0.1) is 0 Å². The minimum absolute atomic E-state index is 0.115. The van der Waals surface area contributed by atoms with Gasteiger partial charge in [0.05, 0.1) is 37.5 Å². The van der Waals surface area contributed by atoms with Gasteiger partial charge in [0.15, 0.2) is 0 Å². The molecule has 0 unspecified atom stereocenters. The van der Waals surface area contributed by atoms with E-state index in [-0.39, 0.29) is 29.6 Å². The van der Waals surface area contributed by atoms with Crippen LogP contribution in [0.2, 0.25) is 0 Å². The summed E-state index contributed by atoms with van der Waals surface area (Å²) < 4.78 is 6.33. The van der Waals surface area contributed by atoms with Crippen molar-refractivity contribution < 1.29 is 14.4 Å². The first-order chi connectivity index (χ1) is 15.1. The Balaban J connectivity index is 1.49. The number of benzene rings is 2. The first kappa shape index (κ1) is 20.9. The van der Waals surface area contributed by atoms with Crippen LogP contribution in [0.4, 0.5) is 0 Å². The first-order valence-corrected chi connectivity index (χ1v) is 10.5. The van der Waals surface area contributed by atoms with Crippen molar-refractivity contribution in [1.29, 1.82) is 0 Å². The van der Waals surface area contributed by atoms with Gasteiger partial charge in [-0.25, -0.2) is 4.68 Å². The minimum atomic E-state index is -0.388. The fraction of sp³-hybridized carbons (Fsp3) is 0.348. The molecule has 3 aromatic rings. The lowest BCUT2D eigenvalue weighted by Gasteiger charge is -2.25. The number of carbonyl (C=O) groups is 1. The largest absolute Gasteiger partial charge is 0.497 e. The number of H-pyrrole nitrogens is 1. The summed E-state index contributed by atoms with van der Waals surface area (Å²) in [6.45, 7) is 2.34. The molecule has 0 saturated carbocycles. The number of carbonyl (C=O) groups excluding carboxylic acids is 1. The summed E-state index contributed by atoms with van der Waals surface area (Å²) in [5.41, 5.74) is 0.358. The Hall–Kier alpha value is -3.39. The van der Waals surface area contributed by atoms with E-state index in [0.717, 1.165) is 29.1 Å². The number of ether oxygens (including phenoxy) is 1. The molecule has 8 nitrogen and oxygen atoms in total. The van der Waals surface area contributed by atoms with Crippen LogP contribution >= 0.6 is 0 Å². The molecule has 1 aliphatic rings. The van der Waals surface area contributed by atoms with E-state index >= 15 is 0 Å². The summed E-state index contributed by atoms with van der Waals surface area (Å²) >= 11 is 0. The zero-order valence-electron chi connectivity index (χ0n) is 17.5. The summed E-state index contributed by atoms with van der Waals surface area (Å²) in [6.07, 6.45) is 2.34. The number of likely N-dealkylation sites (tertiary alicyclic amines) is 1. The third-order valence-corrected chi connectivity index (χ3v) is 5.95. The zero-order chi connectivity index (χ0) is 21.8. The van der Waals surface area contributed by atoms with Crippen molar-refractivity contribution in [2.24, 2.45) is 0 Å². The van der Waals surface area contributed by atoms with Crippen LogP contribution in [0.25, 0.3) is 10.8 Å². The summed E-state index contributed by atoms with van der Waals surface area (Å²) in [5.74, 6) is 0.479. The molecule has 3 N–H and O–H groups in total. The first-order valence-electron chi connectivity index (χ1n) is 10.5. The highest BCUT2D eigenvalue weighted by atomic mass is 16.5. The van der Waals surface area contributed by atoms with E-state index in [1.54, 1.807) is 31.4 Å². The van der Waals surface area contributed by atoms with Crippen molar-refractivity contribution >= 4 is 16.7 Å². The van der Waals surface area contributed by atoms with E-state index in [2.05, 4.69) is 10.4 Å². The highest BCUT2D eigenvalue weighted by Gasteiger charge is 2.28. The van der Waals surface area contributed by atoms with Gasteiger partial charge >= 0.3 is 0 Å². The highest BCUT2D eigenvalue weighted by Crippen LogP contribution is 2.16. The molecular weight excluding hydrogens is 396 g/mol. The summed E-state index contributed by atoms with van der Waals surface area (Å²) in [5, 5.41) is 6.09. The van der Waals surface area contributed by atoms with Crippen LogP contribution in [0, 0.1) is 0 Å². The van der Waals surface area contributed by atoms with E-state index in [0.29, 0.717) is 17.3 Å². The van der Waals surface area contributed by atoms with Crippen LogP contribution in [0.3, 0.4) is 0 Å². The van der Waals surface area contributed by atoms with Gasteiger partial charge in [-0.2, -0.15) is 0 Å². The molecule has 0 spiro atoms. The second-order valence-corrected chi connectivity index (χ2v) is 7.87. The topological polar surface area (TPSA) is 97.6 Å². The molecule has 1 amide bonds. The Labute approximate surface area is 179 Å². The van der Waals surface area contributed by atoms with Crippen molar-refractivity contribution in [3.8, 4) is 5.75 Å². The molecular formula is C23H27N4O4+. The highest BCUT2D eigenvalue weighted by molar-refractivity contribution is 5.81. The maximum atomic E-state index is 12.6. The summed E-state index contributed by atoms with van der Waals surface area (Å²) in [6, 6.07) is 14.6. The number of rotatable bonds is 7. The van der Waals surface area contributed by atoms with Crippen LogP contribution < -0.4 is 26.1 Å². The number of nitrogens with zero attached hydrogens (tertiary/aromatic N) is 1. The Bertz CT molecular complexity index is 1180. The minimum Gasteiger partial charge on any atom is -0.497 e. The number of quaternary nitrogens is 1. The number of fused-ring (bicyclic) bond motifs is 1. The molecule has 4 rings (SSSR count). The standard InChI is InChI=1S/C23H26N4O4/c1-31-17-10-8-16(9-11-17)20(26-12-4-5-13-26)14-24-21(28)15-27-23(30)19-7-3-2-6-18(19)22(29)25-27/h2-3,6-11,20H,4-5,12-15H2,1H3,(H,24,28)(H,25,29)/p+1/t20-/m0/s1. The predicted octanol–water partition coefficient (Wildman–Crippen LogP) is 0.235. The second kappa shape index (κ2) is 9.18. The van der Waals surface area contributed by atoms with E-state index in [1.165, 1.54) is 17.7 Å². The van der Waals surface area contributed by atoms with E-state index in [9.17, 15) is 14.4 Å². The van der Waals surface area contributed by atoms with E-state index in [1.807, 2.05) is 24.3 Å². The molecule has 2 aromatic carbocycles. The molecule has 1 aliphatic heterocycles. The SMILES string of the molecule is COc1ccc([C@H](CNC(=O)Cn2[nH]c(=O)c3ccccc3c2=O)[NH+]2CCCC2)cc1. The van der Waals surface area contributed by atoms with Crippen LogP contribution in [-0.2, 0) is 11.3 Å². The number of nitrogens with one attached hydrogen (secondary N) is 3. The van der Waals surface area contributed by atoms with Crippen LogP contribution in [0.5, 0.6) is 5.75 Å². The molecule has 0 aliphatic carbocycles. The molecule has 0 bridgehead atoms. The molecule has 1 fully saturated rings. The van der Waals surface area contributed by atoms with Gasteiger partial charge in [-0.3, -0.25) is 19.5 Å². The van der Waals surface area contributed by atoms with Crippen molar-refractivity contribution in [3.05, 3.63) is 74.8 Å². The predicted molar refractivity (Wildman–Crippen MR) is 118 cm³/mol. The third kappa shape index (κ3) is 4.54. The maximum Gasteiger partial charge on any atom is 0.273 e. The molecule has 8 heteroatoms. The summed E-state index contributed by atoms with van der Waals surface area (Å²) in [4.78, 5) is 39.0. The van der Waals surface area contributed by atoms with Crippen LogP contribution in [-0.4, -0.2) is 42.4 Å². The van der Waals surface area contributed by atoms with Gasteiger partial charge in [0.2, 0.25) is 5.91 Å². The molecule has 162 valence electrons. The van der Waals surface area contributed by atoms with Crippen molar-refractivity contribution in [3.63, 3.8) is 0 Å². The Morgan fingerprint density at radius 2 is 1.77 bits per heavy atom. The van der Waals surface area contributed by atoms with Gasteiger partial charge < -0.3 is 15.0 Å². The van der Waals surface area contributed by atoms with E-state index < -0.39 is 0 Å². The fourth-order valence-corrected chi connectivity index (χ4v) is 4.29. The average molecular weight is 423 g/mol. The monoisotopic (exact) mass is 423 g/mol. The van der Waals surface area contributed by atoms with Crippen LogP contribution in [0.1, 0.15) is 24.4 Å². The van der Waals surface area contributed by atoms with Crippen LogP contribution in [0.15, 0.2) is 58.1 Å². The maximum absolute atomic E-state index is 12.6. The lowest BCUT2D eigenvalue weighted by Crippen LogP contribution is -3.11. The van der Waals surface area contributed by atoms with Gasteiger partial charge in [-0.1, -0.05) is 12.1 Å². The average Bonchev–Trinajstić information content (AvgIpc) is 3.32. The number of hydrogen-bond donors (Lipinski definition) is 3. The van der Waals surface area contributed by atoms with Gasteiger partial charge in [-0.05, 0) is 36.4 Å². The van der Waals surface area contributed by atoms with Gasteiger partial charge in [0.1, 0.15) is 18.3 Å². The smallest absolute Gasteiger partial charge is 0.273 e. The molecule has 1 saturated heterocycles. The molecule has 1 aromatic heterocycles. The quantitative estimate of drug-likeness (QED) is 0.507. The molecule has 1 atom stereocenters.